The van der Waals surface area contributed by atoms with E-state index in [9.17, 15) is 16.8 Å². The fourth-order valence-corrected chi connectivity index (χ4v) is 4.57. The molecular weight excluding hydrogens is 372 g/mol. The fraction of sp³-hybridized carbons (Fsp3) is 0.333. The first-order valence-electron chi connectivity index (χ1n) is 8.32. The summed E-state index contributed by atoms with van der Waals surface area (Å²) in [5.74, 6) is 0.00606. The Morgan fingerprint density at radius 3 is 2.04 bits per heavy atom. The molecule has 0 saturated carbocycles. The van der Waals surface area contributed by atoms with Crippen molar-refractivity contribution >= 4 is 25.7 Å². The first kappa shape index (κ1) is 20.4. The van der Waals surface area contributed by atoms with Crippen LogP contribution in [0.2, 0.25) is 0 Å². The van der Waals surface area contributed by atoms with Crippen LogP contribution in [0.4, 0.5) is 5.69 Å². The topological polar surface area (TPSA) is 83.6 Å². The van der Waals surface area contributed by atoms with Gasteiger partial charge in [0, 0.05) is 13.1 Å². The standard InChI is InChI=1S/C18H24N2O4S2/c1-25(21,22)20(18-12-6-3-7-13-18)15-14-19-26(23,24)16-8-11-17-9-4-2-5-10-17/h2-7,9-10,12-13,19H,8,11,14-16H2,1H3. The van der Waals surface area contributed by atoms with Crippen LogP contribution in [-0.4, -0.2) is 41.9 Å². The van der Waals surface area contributed by atoms with E-state index < -0.39 is 20.0 Å². The van der Waals surface area contributed by atoms with Gasteiger partial charge in [-0.2, -0.15) is 0 Å². The Labute approximate surface area is 156 Å². The van der Waals surface area contributed by atoms with Crippen LogP contribution in [-0.2, 0) is 26.5 Å². The summed E-state index contributed by atoms with van der Waals surface area (Å²) in [5, 5.41) is 0. The average molecular weight is 397 g/mol. The van der Waals surface area contributed by atoms with Crippen molar-refractivity contribution in [2.75, 3.05) is 29.4 Å². The summed E-state index contributed by atoms with van der Waals surface area (Å²) in [7, 11) is -6.94. The van der Waals surface area contributed by atoms with Crippen LogP contribution in [0.1, 0.15) is 12.0 Å². The monoisotopic (exact) mass is 396 g/mol. The van der Waals surface area contributed by atoms with E-state index in [1.165, 1.54) is 4.31 Å². The molecule has 26 heavy (non-hydrogen) atoms. The zero-order chi connectivity index (χ0) is 19.0. The van der Waals surface area contributed by atoms with Crippen molar-refractivity contribution in [3.8, 4) is 0 Å². The normalized spacial score (nSPS) is 12.0. The summed E-state index contributed by atoms with van der Waals surface area (Å²) in [4.78, 5) is 0. The third-order valence-electron chi connectivity index (χ3n) is 3.80. The molecule has 0 amide bonds. The third kappa shape index (κ3) is 6.78. The zero-order valence-corrected chi connectivity index (χ0v) is 16.3. The van der Waals surface area contributed by atoms with E-state index in [4.69, 9.17) is 0 Å². The molecule has 0 atom stereocenters. The van der Waals surface area contributed by atoms with Gasteiger partial charge in [-0.05, 0) is 30.5 Å². The summed E-state index contributed by atoms with van der Waals surface area (Å²) in [6.45, 7) is 0.0659. The Kier molecular flexibility index (Phi) is 7.19. The highest BCUT2D eigenvalue weighted by molar-refractivity contribution is 7.92. The van der Waals surface area contributed by atoms with E-state index in [1.807, 2.05) is 30.3 Å². The van der Waals surface area contributed by atoms with E-state index in [0.717, 1.165) is 11.8 Å². The molecule has 2 rings (SSSR count). The molecular formula is C18H24N2O4S2. The molecule has 0 bridgehead atoms. The van der Waals surface area contributed by atoms with E-state index in [2.05, 4.69) is 4.72 Å². The predicted molar refractivity (Wildman–Crippen MR) is 105 cm³/mol. The van der Waals surface area contributed by atoms with Gasteiger partial charge in [0.15, 0.2) is 0 Å². The van der Waals surface area contributed by atoms with E-state index >= 15 is 0 Å². The van der Waals surface area contributed by atoms with Crippen LogP contribution in [0.25, 0.3) is 0 Å². The largest absolute Gasteiger partial charge is 0.269 e. The number of sulfonamides is 2. The number of benzene rings is 2. The van der Waals surface area contributed by atoms with Gasteiger partial charge in [0.05, 0.1) is 17.7 Å². The number of aryl methyl sites for hydroxylation is 1. The lowest BCUT2D eigenvalue weighted by atomic mass is 10.1. The first-order valence-corrected chi connectivity index (χ1v) is 11.8. The van der Waals surface area contributed by atoms with Gasteiger partial charge in [-0.15, -0.1) is 0 Å². The summed E-state index contributed by atoms with van der Waals surface area (Å²) in [6.07, 6.45) is 2.30. The number of para-hydroxylation sites is 1. The summed E-state index contributed by atoms with van der Waals surface area (Å²) >= 11 is 0. The minimum Gasteiger partial charge on any atom is -0.269 e. The van der Waals surface area contributed by atoms with Crippen molar-refractivity contribution < 1.29 is 16.8 Å². The lowest BCUT2D eigenvalue weighted by Crippen LogP contribution is -2.38. The number of nitrogens with one attached hydrogen (secondary N) is 1. The number of anilines is 1. The highest BCUT2D eigenvalue weighted by atomic mass is 32.2. The van der Waals surface area contributed by atoms with Gasteiger partial charge < -0.3 is 0 Å². The summed E-state index contributed by atoms with van der Waals surface area (Å²) < 4.78 is 51.8. The van der Waals surface area contributed by atoms with Gasteiger partial charge in [0.1, 0.15) is 0 Å². The van der Waals surface area contributed by atoms with Crippen LogP contribution >= 0.6 is 0 Å². The number of nitrogens with zero attached hydrogens (tertiary/aromatic N) is 1. The molecule has 2 aromatic rings. The maximum Gasteiger partial charge on any atom is 0.232 e. The predicted octanol–water partition coefficient (Wildman–Crippen LogP) is 2.00. The molecule has 0 heterocycles. The Balaban J connectivity index is 1.86. The van der Waals surface area contributed by atoms with Crippen molar-refractivity contribution in [3.05, 3.63) is 66.2 Å². The number of rotatable bonds is 10. The minimum atomic E-state index is -3.49. The van der Waals surface area contributed by atoms with Crippen LogP contribution in [0.15, 0.2) is 60.7 Å². The second kappa shape index (κ2) is 9.16. The Bertz CT molecular complexity index is 883. The van der Waals surface area contributed by atoms with E-state index in [1.54, 1.807) is 30.3 Å². The second-order valence-electron chi connectivity index (χ2n) is 5.97. The highest BCUT2D eigenvalue weighted by Gasteiger charge is 2.18. The smallest absolute Gasteiger partial charge is 0.232 e. The van der Waals surface area contributed by atoms with Gasteiger partial charge in [0.25, 0.3) is 0 Å². The van der Waals surface area contributed by atoms with Gasteiger partial charge >= 0.3 is 0 Å². The molecule has 1 N–H and O–H groups in total. The van der Waals surface area contributed by atoms with Crippen molar-refractivity contribution in [1.29, 1.82) is 0 Å². The van der Waals surface area contributed by atoms with Gasteiger partial charge in [-0.3, -0.25) is 4.31 Å². The lowest BCUT2D eigenvalue weighted by Gasteiger charge is -2.22. The zero-order valence-electron chi connectivity index (χ0n) is 14.7. The molecule has 142 valence electrons. The van der Waals surface area contributed by atoms with E-state index in [0.29, 0.717) is 18.5 Å². The van der Waals surface area contributed by atoms with Gasteiger partial charge in [0.2, 0.25) is 20.0 Å². The van der Waals surface area contributed by atoms with Crippen LogP contribution in [0.5, 0.6) is 0 Å². The van der Waals surface area contributed by atoms with Crippen LogP contribution < -0.4 is 9.03 Å². The van der Waals surface area contributed by atoms with Crippen molar-refractivity contribution in [3.63, 3.8) is 0 Å². The fourth-order valence-electron chi connectivity index (χ4n) is 2.57. The molecule has 8 heteroatoms. The Morgan fingerprint density at radius 2 is 1.46 bits per heavy atom. The first-order chi connectivity index (χ1) is 12.3. The molecule has 0 aliphatic carbocycles. The Morgan fingerprint density at radius 1 is 0.885 bits per heavy atom. The molecule has 0 saturated heterocycles. The summed E-state index contributed by atoms with van der Waals surface area (Å²) in [5.41, 5.74) is 1.60. The maximum absolute atomic E-state index is 12.1. The molecule has 0 aliphatic heterocycles. The molecule has 0 unspecified atom stereocenters. The lowest BCUT2D eigenvalue weighted by molar-refractivity contribution is 0.576. The quantitative estimate of drug-likeness (QED) is 0.666. The average Bonchev–Trinajstić information content (AvgIpc) is 2.59. The highest BCUT2D eigenvalue weighted by Crippen LogP contribution is 2.15. The summed E-state index contributed by atoms with van der Waals surface area (Å²) in [6, 6.07) is 18.3. The van der Waals surface area contributed by atoms with Crippen LogP contribution in [0, 0.1) is 0 Å². The van der Waals surface area contributed by atoms with Gasteiger partial charge in [-0.1, -0.05) is 48.5 Å². The second-order valence-corrected chi connectivity index (χ2v) is 9.81. The van der Waals surface area contributed by atoms with Crippen molar-refractivity contribution in [2.24, 2.45) is 0 Å². The SMILES string of the molecule is CS(=O)(=O)N(CCNS(=O)(=O)CCCc1ccccc1)c1ccccc1. The van der Waals surface area contributed by atoms with Crippen LogP contribution in [0.3, 0.4) is 0 Å². The van der Waals surface area contributed by atoms with E-state index in [-0.39, 0.29) is 18.8 Å². The number of hydrogen-bond acceptors (Lipinski definition) is 4. The van der Waals surface area contributed by atoms with Crippen molar-refractivity contribution in [2.45, 2.75) is 12.8 Å². The van der Waals surface area contributed by atoms with Crippen molar-refractivity contribution in [1.82, 2.24) is 4.72 Å². The molecule has 6 nitrogen and oxygen atoms in total. The Hall–Kier alpha value is -1.90. The molecule has 0 spiro atoms. The third-order valence-corrected chi connectivity index (χ3v) is 6.47. The molecule has 0 aliphatic rings. The molecule has 2 aromatic carbocycles. The maximum atomic E-state index is 12.1. The molecule has 0 aromatic heterocycles. The molecule has 0 fully saturated rings. The van der Waals surface area contributed by atoms with Gasteiger partial charge in [-0.25, -0.2) is 21.6 Å². The molecule has 0 radical (unpaired) electrons. The number of hydrogen-bond donors (Lipinski definition) is 1. The minimum absolute atomic E-state index is 0.00606.